The number of nitrogens with zero attached hydrogens (tertiary/aromatic N) is 4. The van der Waals surface area contributed by atoms with Crippen molar-refractivity contribution in [1.29, 1.82) is 0 Å². The van der Waals surface area contributed by atoms with E-state index in [1.807, 2.05) is 50.2 Å². The first-order valence-corrected chi connectivity index (χ1v) is 9.21. The number of carbonyl (C=O) groups is 2. The molecule has 0 amide bonds. The van der Waals surface area contributed by atoms with Crippen molar-refractivity contribution in [2.45, 2.75) is 26.9 Å². The SMILES string of the molecule is CCN(CC(=O)O)Cc1cccc(-c2cccc(CN(CC)CC(=O)O)n2)n1. The zero-order chi connectivity index (χ0) is 20.5. The van der Waals surface area contributed by atoms with Gasteiger partial charge in [-0.15, -0.1) is 0 Å². The zero-order valence-electron chi connectivity index (χ0n) is 16.2. The van der Waals surface area contributed by atoms with Crippen LogP contribution in [0.4, 0.5) is 0 Å². The molecule has 0 aromatic carbocycles. The predicted molar refractivity (Wildman–Crippen MR) is 105 cm³/mol. The van der Waals surface area contributed by atoms with Crippen LogP contribution >= 0.6 is 0 Å². The monoisotopic (exact) mass is 386 g/mol. The molecule has 2 rings (SSSR count). The molecule has 0 aliphatic rings. The quantitative estimate of drug-likeness (QED) is 0.604. The summed E-state index contributed by atoms with van der Waals surface area (Å²) in [7, 11) is 0. The van der Waals surface area contributed by atoms with Crippen LogP contribution in [0.3, 0.4) is 0 Å². The number of aromatic nitrogens is 2. The van der Waals surface area contributed by atoms with Crippen LogP contribution in [-0.4, -0.2) is 68.1 Å². The molecule has 0 aliphatic heterocycles. The molecule has 28 heavy (non-hydrogen) atoms. The second kappa shape index (κ2) is 10.5. The van der Waals surface area contributed by atoms with Gasteiger partial charge in [0.05, 0.1) is 35.9 Å². The van der Waals surface area contributed by atoms with E-state index in [-0.39, 0.29) is 13.1 Å². The minimum atomic E-state index is -0.866. The maximum atomic E-state index is 11.0. The Kier molecular flexibility index (Phi) is 8.03. The maximum Gasteiger partial charge on any atom is 0.317 e. The number of hydrogen-bond acceptors (Lipinski definition) is 6. The number of likely N-dealkylation sites (N-methyl/N-ethyl adjacent to an activating group) is 2. The van der Waals surface area contributed by atoms with Crippen molar-refractivity contribution < 1.29 is 19.8 Å². The summed E-state index contributed by atoms with van der Waals surface area (Å²) in [6, 6.07) is 11.2. The molecule has 0 atom stereocenters. The molecule has 2 aromatic rings. The summed E-state index contributed by atoms with van der Waals surface area (Å²) in [4.78, 5) is 34.7. The fourth-order valence-corrected chi connectivity index (χ4v) is 2.82. The lowest BCUT2D eigenvalue weighted by Gasteiger charge is -2.18. The molecule has 2 heterocycles. The van der Waals surface area contributed by atoms with Gasteiger partial charge in [-0.2, -0.15) is 0 Å². The van der Waals surface area contributed by atoms with Gasteiger partial charge in [0.2, 0.25) is 0 Å². The fourth-order valence-electron chi connectivity index (χ4n) is 2.82. The Hall–Kier alpha value is -2.84. The van der Waals surface area contributed by atoms with Crippen LogP contribution in [0.15, 0.2) is 36.4 Å². The van der Waals surface area contributed by atoms with Crippen molar-refractivity contribution in [3.63, 3.8) is 0 Å². The second-order valence-electron chi connectivity index (χ2n) is 6.42. The molecule has 8 heteroatoms. The highest BCUT2D eigenvalue weighted by atomic mass is 16.4. The van der Waals surface area contributed by atoms with Crippen LogP contribution in [0, 0.1) is 0 Å². The zero-order valence-corrected chi connectivity index (χ0v) is 16.2. The Balaban J connectivity index is 2.17. The summed E-state index contributed by atoms with van der Waals surface area (Å²) in [5.74, 6) is -1.73. The van der Waals surface area contributed by atoms with E-state index < -0.39 is 11.9 Å². The highest BCUT2D eigenvalue weighted by Crippen LogP contribution is 2.17. The molecule has 0 fully saturated rings. The van der Waals surface area contributed by atoms with Crippen LogP contribution in [0.5, 0.6) is 0 Å². The molecule has 0 saturated carbocycles. The molecule has 8 nitrogen and oxygen atoms in total. The summed E-state index contributed by atoms with van der Waals surface area (Å²) in [6.07, 6.45) is 0. The van der Waals surface area contributed by atoms with Crippen LogP contribution in [0.1, 0.15) is 25.2 Å². The molecule has 2 aromatic heterocycles. The standard InChI is InChI=1S/C20H26N4O4/c1-3-23(13-19(25)26)11-15-7-5-9-17(21-15)18-10-6-8-16(22-18)12-24(4-2)14-20(27)28/h5-10H,3-4,11-14H2,1-2H3,(H,25,26)(H,27,28). The summed E-state index contributed by atoms with van der Waals surface area (Å²) in [5, 5.41) is 18.0. The van der Waals surface area contributed by atoms with E-state index in [0.29, 0.717) is 37.6 Å². The average Bonchev–Trinajstić information content (AvgIpc) is 2.66. The number of pyridine rings is 2. The van der Waals surface area contributed by atoms with Crippen molar-refractivity contribution in [3.05, 3.63) is 47.8 Å². The van der Waals surface area contributed by atoms with Gasteiger partial charge in [-0.25, -0.2) is 9.97 Å². The predicted octanol–water partition coefficient (Wildman–Crippen LogP) is 1.96. The summed E-state index contributed by atoms with van der Waals surface area (Å²) >= 11 is 0. The highest BCUT2D eigenvalue weighted by molar-refractivity contribution is 5.69. The molecule has 0 unspecified atom stereocenters. The van der Waals surface area contributed by atoms with Gasteiger partial charge in [0.25, 0.3) is 0 Å². The van der Waals surface area contributed by atoms with Gasteiger partial charge < -0.3 is 10.2 Å². The number of aliphatic carboxylic acids is 2. The molecule has 0 aliphatic carbocycles. The normalized spacial score (nSPS) is 11.1. The molecular formula is C20H26N4O4. The first-order valence-electron chi connectivity index (χ1n) is 9.21. The third-order valence-corrected chi connectivity index (χ3v) is 4.26. The van der Waals surface area contributed by atoms with E-state index in [0.717, 1.165) is 11.4 Å². The smallest absolute Gasteiger partial charge is 0.317 e. The molecule has 0 spiro atoms. The van der Waals surface area contributed by atoms with Gasteiger partial charge in [-0.1, -0.05) is 26.0 Å². The molecule has 150 valence electrons. The van der Waals surface area contributed by atoms with E-state index in [2.05, 4.69) is 9.97 Å². The third-order valence-electron chi connectivity index (χ3n) is 4.26. The van der Waals surface area contributed by atoms with Crippen LogP contribution in [0.25, 0.3) is 11.4 Å². The topological polar surface area (TPSA) is 107 Å². The Morgan fingerprint density at radius 2 is 1.18 bits per heavy atom. The first-order chi connectivity index (χ1) is 13.4. The molecule has 2 N–H and O–H groups in total. The van der Waals surface area contributed by atoms with E-state index in [9.17, 15) is 9.59 Å². The van der Waals surface area contributed by atoms with E-state index in [1.54, 1.807) is 9.80 Å². The van der Waals surface area contributed by atoms with Gasteiger partial charge >= 0.3 is 11.9 Å². The van der Waals surface area contributed by atoms with Crippen molar-refractivity contribution in [1.82, 2.24) is 19.8 Å². The van der Waals surface area contributed by atoms with Gasteiger partial charge in [-0.05, 0) is 37.4 Å². The van der Waals surface area contributed by atoms with E-state index in [1.165, 1.54) is 0 Å². The number of rotatable bonds is 11. The number of carboxylic acid groups (broad SMARTS) is 2. The van der Waals surface area contributed by atoms with E-state index in [4.69, 9.17) is 10.2 Å². The van der Waals surface area contributed by atoms with E-state index >= 15 is 0 Å². The Morgan fingerprint density at radius 1 is 0.786 bits per heavy atom. The first kappa shape index (κ1) is 21.5. The Morgan fingerprint density at radius 3 is 1.50 bits per heavy atom. The van der Waals surface area contributed by atoms with Crippen molar-refractivity contribution in [3.8, 4) is 11.4 Å². The summed E-state index contributed by atoms with van der Waals surface area (Å²) in [6.45, 7) is 5.86. The summed E-state index contributed by atoms with van der Waals surface area (Å²) in [5.41, 5.74) is 2.95. The van der Waals surface area contributed by atoms with Gasteiger partial charge in [0, 0.05) is 13.1 Å². The van der Waals surface area contributed by atoms with Crippen molar-refractivity contribution in [2.75, 3.05) is 26.2 Å². The van der Waals surface area contributed by atoms with Gasteiger partial charge in [-0.3, -0.25) is 19.4 Å². The lowest BCUT2D eigenvalue weighted by Crippen LogP contribution is -2.29. The van der Waals surface area contributed by atoms with Crippen LogP contribution < -0.4 is 0 Å². The summed E-state index contributed by atoms with van der Waals surface area (Å²) < 4.78 is 0. The number of hydrogen-bond donors (Lipinski definition) is 2. The van der Waals surface area contributed by atoms with Crippen molar-refractivity contribution >= 4 is 11.9 Å². The van der Waals surface area contributed by atoms with Crippen LogP contribution in [-0.2, 0) is 22.7 Å². The largest absolute Gasteiger partial charge is 0.480 e. The maximum absolute atomic E-state index is 11.0. The Labute approximate surface area is 164 Å². The average molecular weight is 386 g/mol. The van der Waals surface area contributed by atoms with Gasteiger partial charge in [0.15, 0.2) is 0 Å². The third kappa shape index (κ3) is 6.71. The van der Waals surface area contributed by atoms with Crippen molar-refractivity contribution in [2.24, 2.45) is 0 Å². The highest BCUT2D eigenvalue weighted by Gasteiger charge is 2.12. The minimum Gasteiger partial charge on any atom is -0.480 e. The molecule has 0 saturated heterocycles. The fraction of sp³-hybridized carbons (Fsp3) is 0.400. The second-order valence-corrected chi connectivity index (χ2v) is 6.42. The molecule has 0 bridgehead atoms. The lowest BCUT2D eigenvalue weighted by atomic mass is 10.2. The number of carboxylic acids is 2. The minimum absolute atomic E-state index is 0.0351. The Bertz CT molecular complexity index is 745. The molecule has 0 radical (unpaired) electrons. The van der Waals surface area contributed by atoms with Gasteiger partial charge in [0.1, 0.15) is 0 Å². The van der Waals surface area contributed by atoms with Crippen LogP contribution in [0.2, 0.25) is 0 Å². The lowest BCUT2D eigenvalue weighted by molar-refractivity contribution is -0.139. The molecular weight excluding hydrogens is 360 g/mol.